The number of benzene rings is 2. The van der Waals surface area contributed by atoms with Gasteiger partial charge >= 0.3 is 5.97 Å². The summed E-state index contributed by atoms with van der Waals surface area (Å²) in [4.78, 5) is 21.5. The van der Waals surface area contributed by atoms with Gasteiger partial charge in [0, 0.05) is 12.1 Å². The molecular formula is C16H14FNO7S. The summed E-state index contributed by atoms with van der Waals surface area (Å²) in [5, 5.41) is 10.6. The van der Waals surface area contributed by atoms with Crippen molar-refractivity contribution in [1.82, 2.24) is 0 Å². The third kappa shape index (κ3) is 4.83. The highest BCUT2D eigenvalue weighted by Gasteiger charge is 2.23. The summed E-state index contributed by atoms with van der Waals surface area (Å²) in [6, 6.07) is 9.36. The monoisotopic (exact) mass is 383 g/mol. The van der Waals surface area contributed by atoms with Gasteiger partial charge in [-0.25, -0.2) is 4.39 Å². The molecule has 0 fully saturated rings. The van der Waals surface area contributed by atoms with Gasteiger partial charge in [0.25, 0.3) is 15.8 Å². The fourth-order valence-electron chi connectivity index (χ4n) is 1.80. The van der Waals surface area contributed by atoms with Crippen LogP contribution in [0.1, 0.15) is 6.92 Å². The molecule has 0 saturated heterocycles. The van der Waals surface area contributed by atoms with E-state index in [9.17, 15) is 27.7 Å². The number of nitro benzene ring substituents is 1. The molecule has 1 atom stereocenters. The predicted molar refractivity (Wildman–Crippen MR) is 87.4 cm³/mol. The number of non-ortho nitro benzene ring substituents is 1. The van der Waals surface area contributed by atoms with Crippen LogP contribution in [0.25, 0.3) is 0 Å². The molecule has 0 amide bonds. The summed E-state index contributed by atoms with van der Waals surface area (Å²) in [7, 11) is -4.22. The fourth-order valence-corrected chi connectivity index (χ4v) is 2.79. The van der Waals surface area contributed by atoms with Crippen LogP contribution in [0.5, 0.6) is 5.75 Å². The standard InChI is InChI=1S/C16H14FNO7S/c1-11(16(19)25-15-5-3-2-4-14(15)17)10-24-26(22,23)13-8-6-12(7-9-13)18(20)21/h2-9,11H,10H2,1H3/t11-/m1/s1. The molecule has 0 radical (unpaired) electrons. The topological polar surface area (TPSA) is 113 Å². The molecule has 2 aromatic carbocycles. The molecule has 26 heavy (non-hydrogen) atoms. The molecule has 0 aliphatic rings. The van der Waals surface area contributed by atoms with E-state index in [1.54, 1.807) is 0 Å². The lowest BCUT2D eigenvalue weighted by Gasteiger charge is -2.12. The minimum absolute atomic E-state index is 0.272. The molecule has 0 spiro atoms. The van der Waals surface area contributed by atoms with E-state index in [1.807, 2.05) is 0 Å². The summed E-state index contributed by atoms with van der Waals surface area (Å²) in [6.07, 6.45) is 0. The Morgan fingerprint density at radius 2 is 1.81 bits per heavy atom. The second kappa shape index (κ2) is 8.02. The van der Waals surface area contributed by atoms with Crippen LogP contribution < -0.4 is 4.74 Å². The summed E-state index contributed by atoms with van der Waals surface area (Å²) in [5.41, 5.74) is -0.272. The van der Waals surface area contributed by atoms with Crippen molar-refractivity contribution < 1.29 is 31.4 Å². The van der Waals surface area contributed by atoms with Crippen molar-refractivity contribution >= 4 is 21.8 Å². The second-order valence-electron chi connectivity index (χ2n) is 5.24. The first-order chi connectivity index (χ1) is 12.2. The van der Waals surface area contributed by atoms with E-state index in [0.29, 0.717) is 0 Å². The van der Waals surface area contributed by atoms with Gasteiger partial charge in [-0.05, 0) is 31.2 Å². The van der Waals surface area contributed by atoms with Crippen LogP contribution in [-0.4, -0.2) is 25.9 Å². The number of para-hydroxylation sites is 1. The lowest BCUT2D eigenvalue weighted by molar-refractivity contribution is -0.384. The Kier molecular flexibility index (Phi) is 6.01. The van der Waals surface area contributed by atoms with E-state index in [0.717, 1.165) is 30.3 Å². The Balaban J connectivity index is 1.98. The van der Waals surface area contributed by atoms with Crippen LogP contribution in [0, 0.1) is 21.8 Å². The van der Waals surface area contributed by atoms with Crippen molar-refractivity contribution in [2.24, 2.45) is 5.92 Å². The molecule has 0 aliphatic carbocycles. The Hall–Kier alpha value is -2.85. The lowest BCUT2D eigenvalue weighted by atomic mass is 10.2. The molecule has 0 N–H and O–H groups in total. The number of halogens is 1. The summed E-state index contributed by atoms with van der Waals surface area (Å²) < 4.78 is 47.2. The highest BCUT2D eigenvalue weighted by atomic mass is 32.2. The highest BCUT2D eigenvalue weighted by molar-refractivity contribution is 7.86. The van der Waals surface area contributed by atoms with Gasteiger partial charge in [0.15, 0.2) is 11.6 Å². The molecule has 138 valence electrons. The Morgan fingerprint density at radius 1 is 1.19 bits per heavy atom. The van der Waals surface area contributed by atoms with E-state index >= 15 is 0 Å². The number of carbonyl (C=O) groups is 1. The Morgan fingerprint density at radius 3 is 2.38 bits per heavy atom. The largest absolute Gasteiger partial charge is 0.423 e. The average Bonchev–Trinajstić information content (AvgIpc) is 2.61. The highest BCUT2D eigenvalue weighted by Crippen LogP contribution is 2.20. The molecule has 0 unspecified atom stereocenters. The molecule has 0 heterocycles. The van der Waals surface area contributed by atoms with Crippen molar-refractivity contribution in [3.63, 3.8) is 0 Å². The number of nitrogens with zero attached hydrogens (tertiary/aromatic N) is 1. The number of esters is 1. The number of ether oxygens (including phenoxy) is 1. The van der Waals surface area contributed by atoms with E-state index < -0.39 is 39.4 Å². The van der Waals surface area contributed by atoms with Crippen molar-refractivity contribution in [3.8, 4) is 5.75 Å². The zero-order valence-corrected chi connectivity index (χ0v) is 14.3. The number of carbonyl (C=O) groups excluding carboxylic acids is 1. The maximum Gasteiger partial charge on any atom is 0.316 e. The molecule has 10 heteroatoms. The zero-order chi connectivity index (χ0) is 19.3. The predicted octanol–water partition coefficient (Wildman–Crippen LogP) is 2.68. The third-order valence-corrected chi connectivity index (χ3v) is 4.55. The minimum Gasteiger partial charge on any atom is -0.423 e. The number of hydrogen-bond donors (Lipinski definition) is 0. The Bertz CT molecular complexity index is 912. The van der Waals surface area contributed by atoms with Gasteiger partial charge in [-0.3, -0.25) is 19.1 Å². The molecular weight excluding hydrogens is 369 g/mol. The lowest BCUT2D eigenvalue weighted by Crippen LogP contribution is -2.24. The molecule has 8 nitrogen and oxygen atoms in total. The summed E-state index contributed by atoms with van der Waals surface area (Å²) in [5.74, 6) is -2.87. The van der Waals surface area contributed by atoms with Gasteiger partial charge in [0.05, 0.1) is 22.3 Å². The van der Waals surface area contributed by atoms with Gasteiger partial charge in [0.2, 0.25) is 0 Å². The van der Waals surface area contributed by atoms with E-state index in [1.165, 1.54) is 25.1 Å². The molecule has 0 aliphatic heterocycles. The van der Waals surface area contributed by atoms with Crippen LogP contribution in [-0.2, 0) is 19.1 Å². The fraction of sp³-hybridized carbons (Fsp3) is 0.188. The molecule has 0 aromatic heterocycles. The average molecular weight is 383 g/mol. The molecule has 2 aromatic rings. The van der Waals surface area contributed by atoms with Crippen LogP contribution >= 0.6 is 0 Å². The zero-order valence-electron chi connectivity index (χ0n) is 13.5. The third-order valence-electron chi connectivity index (χ3n) is 3.26. The van der Waals surface area contributed by atoms with Crippen molar-refractivity contribution in [1.29, 1.82) is 0 Å². The first-order valence-electron chi connectivity index (χ1n) is 7.31. The number of rotatable bonds is 7. The minimum atomic E-state index is -4.22. The van der Waals surface area contributed by atoms with Crippen LogP contribution in [0.3, 0.4) is 0 Å². The smallest absolute Gasteiger partial charge is 0.316 e. The number of hydrogen-bond acceptors (Lipinski definition) is 7. The first kappa shape index (κ1) is 19.5. The van der Waals surface area contributed by atoms with Crippen molar-refractivity contribution in [2.75, 3.05) is 6.61 Å². The van der Waals surface area contributed by atoms with Crippen molar-refractivity contribution in [3.05, 3.63) is 64.5 Å². The summed E-state index contributed by atoms with van der Waals surface area (Å²) in [6.45, 7) is 0.821. The SMILES string of the molecule is C[C@H](COS(=O)(=O)c1ccc([N+](=O)[O-])cc1)C(=O)Oc1ccccc1F. The van der Waals surface area contributed by atoms with E-state index in [2.05, 4.69) is 0 Å². The molecule has 2 rings (SSSR count). The van der Waals surface area contributed by atoms with E-state index in [4.69, 9.17) is 8.92 Å². The maximum atomic E-state index is 13.4. The van der Waals surface area contributed by atoms with Gasteiger partial charge in [-0.1, -0.05) is 12.1 Å². The number of nitro groups is 1. The van der Waals surface area contributed by atoms with Gasteiger partial charge in [-0.15, -0.1) is 0 Å². The summed E-state index contributed by atoms with van der Waals surface area (Å²) >= 11 is 0. The van der Waals surface area contributed by atoms with Crippen LogP contribution in [0.15, 0.2) is 53.4 Å². The second-order valence-corrected chi connectivity index (χ2v) is 6.86. The Labute approximate surface area is 148 Å². The maximum absolute atomic E-state index is 13.4. The van der Waals surface area contributed by atoms with Crippen molar-refractivity contribution in [2.45, 2.75) is 11.8 Å². The van der Waals surface area contributed by atoms with Crippen LogP contribution in [0.2, 0.25) is 0 Å². The van der Waals surface area contributed by atoms with Gasteiger partial charge in [-0.2, -0.15) is 8.42 Å². The van der Waals surface area contributed by atoms with E-state index in [-0.39, 0.29) is 16.3 Å². The quantitative estimate of drug-likeness (QED) is 0.237. The van der Waals surface area contributed by atoms with Crippen LogP contribution in [0.4, 0.5) is 10.1 Å². The normalized spacial score (nSPS) is 12.4. The van der Waals surface area contributed by atoms with Gasteiger partial charge in [0.1, 0.15) is 0 Å². The molecule has 0 saturated carbocycles. The first-order valence-corrected chi connectivity index (χ1v) is 8.71. The molecule has 0 bridgehead atoms. The van der Waals surface area contributed by atoms with Gasteiger partial charge < -0.3 is 4.74 Å².